The molecule has 0 N–H and O–H groups in total. The summed E-state index contributed by atoms with van der Waals surface area (Å²) in [5.74, 6) is -0.901. The van der Waals surface area contributed by atoms with Crippen molar-refractivity contribution in [3.05, 3.63) is 97.2 Å². The maximum absolute atomic E-state index is 12.9. The van der Waals surface area contributed by atoms with Crippen molar-refractivity contribution in [2.24, 2.45) is 0 Å². The molecule has 6 nitrogen and oxygen atoms in total. The van der Waals surface area contributed by atoms with Crippen LogP contribution < -0.4 is 0 Å². The minimum absolute atomic E-state index is 0.0847. The van der Waals surface area contributed by atoms with E-state index in [1.54, 1.807) is 0 Å². The molecule has 6 heteroatoms. The van der Waals surface area contributed by atoms with E-state index < -0.39 is 6.10 Å². The highest BCUT2D eigenvalue weighted by molar-refractivity contribution is 5.71. The first kappa shape index (κ1) is 70.3. The Morgan fingerprint density at radius 3 is 0.824 bits per heavy atom. The number of allylic oxidation sites excluding steroid dienone is 16. The summed E-state index contributed by atoms with van der Waals surface area (Å²) in [6.45, 7) is 6.51. The fraction of sp³-hybridized carbons (Fsp3) is 0.721. The van der Waals surface area contributed by atoms with E-state index in [2.05, 4.69) is 118 Å². The van der Waals surface area contributed by atoms with Gasteiger partial charge in [0.25, 0.3) is 0 Å². The van der Waals surface area contributed by atoms with E-state index in [9.17, 15) is 14.4 Å². The molecule has 0 saturated heterocycles. The van der Waals surface area contributed by atoms with E-state index in [0.717, 1.165) is 122 Å². The normalized spacial score (nSPS) is 12.7. The predicted molar refractivity (Wildman–Crippen MR) is 320 cm³/mol. The molecule has 0 radical (unpaired) electrons. The zero-order valence-corrected chi connectivity index (χ0v) is 48.6. The molecular formula is C68H116O6. The Balaban J connectivity index is 4.38. The first-order chi connectivity index (χ1) is 36.5. The van der Waals surface area contributed by atoms with Crippen LogP contribution in [0.15, 0.2) is 97.2 Å². The molecule has 0 amide bonds. The monoisotopic (exact) mass is 1030 g/mol. The van der Waals surface area contributed by atoms with Crippen molar-refractivity contribution >= 4 is 17.9 Å². The van der Waals surface area contributed by atoms with E-state index in [-0.39, 0.29) is 31.1 Å². The van der Waals surface area contributed by atoms with Crippen LogP contribution in [0.25, 0.3) is 0 Å². The number of unbranched alkanes of at least 4 members (excludes halogenated alkanes) is 29. The van der Waals surface area contributed by atoms with Gasteiger partial charge in [0.15, 0.2) is 6.10 Å². The predicted octanol–water partition coefficient (Wildman–Crippen LogP) is 21.3. The Kier molecular flexibility index (Phi) is 58.8. The Morgan fingerprint density at radius 2 is 0.527 bits per heavy atom. The van der Waals surface area contributed by atoms with E-state index in [1.165, 1.54) is 135 Å². The zero-order chi connectivity index (χ0) is 53.6. The Hall–Kier alpha value is -3.67. The highest BCUT2D eigenvalue weighted by atomic mass is 16.6. The van der Waals surface area contributed by atoms with Crippen molar-refractivity contribution in [3.8, 4) is 0 Å². The lowest BCUT2D eigenvalue weighted by Crippen LogP contribution is -2.30. The van der Waals surface area contributed by atoms with Gasteiger partial charge >= 0.3 is 17.9 Å². The Bertz CT molecular complexity index is 1460. The number of esters is 3. The lowest BCUT2D eigenvalue weighted by atomic mass is 10.0. The van der Waals surface area contributed by atoms with Gasteiger partial charge in [-0.1, -0.05) is 272 Å². The highest BCUT2D eigenvalue weighted by Crippen LogP contribution is 2.15. The third kappa shape index (κ3) is 59.2. The maximum Gasteiger partial charge on any atom is 0.306 e. The van der Waals surface area contributed by atoms with Gasteiger partial charge in [-0.2, -0.15) is 0 Å². The number of carbonyl (C=O) groups is 3. The van der Waals surface area contributed by atoms with Crippen molar-refractivity contribution in [1.82, 2.24) is 0 Å². The number of ether oxygens (including phenoxy) is 3. The zero-order valence-electron chi connectivity index (χ0n) is 48.6. The summed E-state index contributed by atoms with van der Waals surface area (Å²) >= 11 is 0. The Morgan fingerprint density at radius 1 is 0.284 bits per heavy atom. The molecule has 0 bridgehead atoms. The van der Waals surface area contributed by atoms with Gasteiger partial charge in [0.05, 0.1) is 0 Å². The van der Waals surface area contributed by atoms with Crippen molar-refractivity contribution in [2.75, 3.05) is 13.2 Å². The van der Waals surface area contributed by atoms with Crippen LogP contribution >= 0.6 is 0 Å². The average Bonchev–Trinajstić information content (AvgIpc) is 3.40. The molecule has 1 atom stereocenters. The van der Waals surface area contributed by atoms with Crippen LogP contribution in [-0.2, 0) is 28.6 Å². The topological polar surface area (TPSA) is 78.9 Å². The molecule has 0 heterocycles. The molecule has 0 aromatic heterocycles. The van der Waals surface area contributed by atoms with E-state index in [0.29, 0.717) is 19.3 Å². The number of carbonyl (C=O) groups excluding carboxylic acids is 3. The highest BCUT2D eigenvalue weighted by Gasteiger charge is 2.19. The summed E-state index contributed by atoms with van der Waals surface area (Å²) in [7, 11) is 0. The van der Waals surface area contributed by atoms with Gasteiger partial charge in [0, 0.05) is 19.3 Å². The summed E-state index contributed by atoms with van der Waals surface area (Å²) in [6.07, 6.45) is 82.6. The lowest BCUT2D eigenvalue weighted by molar-refractivity contribution is -0.167. The van der Waals surface area contributed by atoms with E-state index in [4.69, 9.17) is 14.2 Å². The van der Waals surface area contributed by atoms with Crippen molar-refractivity contribution < 1.29 is 28.6 Å². The molecule has 0 aliphatic heterocycles. The molecule has 0 aliphatic carbocycles. The molecule has 0 aromatic carbocycles. The van der Waals surface area contributed by atoms with Crippen molar-refractivity contribution in [3.63, 3.8) is 0 Å². The molecule has 0 spiro atoms. The van der Waals surface area contributed by atoms with Gasteiger partial charge in [0.1, 0.15) is 13.2 Å². The lowest BCUT2D eigenvalue weighted by Gasteiger charge is -2.18. The van der Waals surface area contributed by atoms with Crippen LogP contribution in [-0.4, -0.2) is 37.2 Å². The third-order valence-electron chi connectivity index (χ3n) is 13.3. The van der Waals surface area contributed by atoms with E-state index >= 15 is 0 Å². The second-order valence-corrected chi connectivity index (χ2v) is 20.6. The fourth-order valence-electron chi connectivity index (χ4n) is 8.65. The summed E-state index contributed by atoms with van der Waals surface area (Å²) in [5.41, 5.74) is 0. The minimum atomic E-state index is -0.790. The molecule has 0 rings (SSSR count). The fourth-order valence-corrected chi connectivity index (χ4v) is 8.65. The molecule has 0 fully saturated rings. The summed E-state index contributed by atoms with van der Waals surface area (Å²) < 4.78 is 16.9. The van der Waals surface area contributed by atoms with Crippen LogP contribution in [0, 0.1) is 0 Å². The molecular weight excluding hydrogens is 913 g/mol. The van der Waals surface area contributed by atoms with Gasteiger partial charge in [-0.25, -0.2) is 0 Å². The molecule has 0 aromatic rings. The third-order valence-corrected chi connectivity index (χ3v) is 13.3. The number of rotatable bonds is 56. The van der Waals surface area contributed by atoms with Crippen LogP contribution in [0.5, 0.6) is 0 Å². The van der Waals surface area contributed by atoms with Gasteiger partial charge in [-0.05, 0) is 103 Å². The summed E-state index contributed by atoms with van der Waals surface area (Å²) in [6, 6.07) is 0. The van der Waals surface area contributed by atoms with Crippen LogP contribution in [0.3, 0.4) is 0 Å². The standard InChI is InChI=1S/C68H116O6/c1-4-7-10-13-16-19-22-25-27-29-31-33-34-36-37-39-41-43-46-49-52-55-58-61-67(70)73-64-65(63-72-66(69)60-57-54-51-48-45-24-21-18-15-12-9-6-3)74-68(71)62-59-56-53-50-47-44-42-40-38-35-32-30-28-26-23-20-17-14-11-8-5-2/h7,10,16,19,23,25-27,30-33,36-38,40,65H,4-6,8-9,11-15,17-18,20-22,24,28-29,34-35,39,41-64H2,1-3H3/b10-7-,19-16-,26-23-,27-25-,32-30-,33-31-,37-36-,40-38-. The van der Waals surface area contributed by atoms with Crippen LogP contribution in [0.1, 0.15) is 297 Å². The largest absolute Gasteiger partial charge is 0.462 e. The average molecular weight is 1030 g/mol. The molecule has 1 unspecified atom stereocenters. The second kappa shape index (κ2) is 61.9. The molecule has 424 valence electrons. The smallest absolute Gasteiger partial charge is 0.306 e. The first-order valence-electron chi connectivity index (χ1n) is 31.2. The number of hydrogen-bond donors (Lipinski definition) is 0. The van der Waals surface area contributed by atoms with Gasteiger partial charge in [-0.3, -0.25) is 14.4 Å². The molecule has 0 aliphatic rings. The van der Waals surface area contributed by atoms with Gasteiger partial charge in [-0.15, -0.1) is 0 Å². The minimum Gasteiger partial charge on any atom is -0.462 e. The van der Waals surface area contributed by atoms with E-state index in [1.807, 2.05) is 0 Å². The SMILES string of the molecule is CC/C=C\C/C=C\C/C=C\C/C=C\C/C=C\CCCCCCCCCC(=O)OCC(COC(=O)CCCCCCCCCCCCCC)OC(=O)CCCCCCCC/C=C\C/C=C\C/C=C\CCCCCCC. The van der Waals surface area contributed by atoms with Gasteiger partial charge in [0.2, 0.25) is 0 Å². The first-order valence-corrected chi connectivity index (χ1v) is 31.2. The van der Waals surface area contributed by atoms with Crippen molar-refractivity contribution in [1.29, 1.82) is 0 Å². The summed E-state index contributed by atoms with van der Waals surface area (Å²) in [4.78, 5) is 38.3. The van der Waals surface area contributed by atoms with Crippen molar-refractivity contribution in [2.45, 2.75) is 303 Å². The molecule has 0 saturated carbocycles. The molecule has 74 heavy (non-hydrogen) atoms. The van der Waals surface area contributed by atoms with Crippen LogP contribution in [0.4, 0.5) is 0 Å². The Labute approximate surface area is 457 Å². The van der Waals surface area contributed by atoms with Gasteiger partial charge < -0.3 is 14.2 Å². The quantitative estimate of drug-likeness (QED) is 0.0261. The second-order valence-electron chi connectivity index (χ2n) is 20.6. The number of hydrogen-bond acceptors (Lipinski definition) is 6. The maximum atomic E-state index is 12.9. The van der Waals surface area contributed by atoms with Crippen LogP contribution in [0.2, 0.25) is 0 Å². The summed E-state index contributed by atoms with van der Waals surface area (Å²) in [5, 5.41) is 0.